The summed E-state index contributed by atoms with van der Waals surface area (Å²) in [6, 6.07) is 0. The van der Waals surface area contributed by atoms with Crippen LogP contribution in [0.3, 0.4) is 0 Å². The fraction of sp³-hybridized carbons (Fsp3) is 0.875. The van der Waals surface area contributed by atoms with Crippen molar-refractivity contribution in [3.8, 4) is 0 Å². The Morgan fingerprint density at radius 1 is 0.842 bits per heavy atom. The Hall–Kier alpha value is -0.380. The standard InChI is InChI=1S/C16H29N3/c1-17-9-11-18(12-10-17)7-4-8-19-13-15-5-2-3-6-16(15)14-19/h2-3,15-16H,4-14H2,1H3. The fourth-order valence-corrected chi connectivity index (χ4v) is 3.88. The van der Waals surface area contributed by atoms with Crippen LogP contribution in [0.5, 0.6) is 0 Å². The first-order valence-corrected chi connectivity index (χ1v) is 8.09. The van der Waals surface area contributed by atoms with E-state index in [9.17, 15) is 0 Å². The Bertz CT molecular complexity index is 291. The fourth-order valence-electron chi connectivity index (χ4n) is 3.88. The minimum absolute atomic E-state index is 0.966. The highest BCUT2D eigenvalue weighted by molar-refractivity contribution is 4.99. The molecular weight excluding hydrogens is 234 g/mol. The minimum Gasteiger partial charge on any atom is -0.304 e. The van der Waals surface area contributed by atoms with Crippen molar-refractivity contribution in [3.63, 3.8) is 0 Å². The van der Waals surface area contributed by atoms with E-state index in [1.807, 2.05) is 0 Å². The zero-order chi connectivity index (χ0) is 13.1. The topological polar surface area (TPSA) is 9.72 Å². The van der Waals surface area contributed by atoms with Crippen LogP contribution in [0.25, 0.3) is 0 Å². The van der Waals surface area contributed by atoms with Gasteiger partial charge in [-0.1, -0.05) is 12.2 Å². The highest BCUT2D eigenvalue weighted by atomic mass is 15.2. The molecule has 2 fully saturated rings. The molecule has 0 amide bonds. The average molecular weight is 263 g/mol. The molecule has 0 aromatic carbocycles. The number of piperazine rings is 1. The number of likely N-dealkylation sites (tertiary alicyclic amines) is 1. The van der Waals surface area contributed by atoms with E-state index in [0.29, 0.717) is 0 Å². The van der Waals surface area contributed by atoms with E-state index in [2.05, 4.69) is 33.9 Å². The maximum absolute atomic E-state index is 2.72. The zero-order valence-electron chi connectivity index (χ0n) is 12.4. The second-order valence-corrected chi connectivity index (χ2v) is 6.72. The predicted octanol–water partition coefficient (Wildman–Crippen LogP) is 1.52. The van der Waals surface area contributed by atoms with Crippen molar-refractivity contribution in [2.24, 2.45) is 11.8 Å². The first kappa shape index (κ1) is 13.6. The van der Waals surface area contributed by atoms with E-state index in [1.54, 1.807) is 0 Å². The van der Waals surface area contributed by atoms with Gasteiger partial charge in [0.25, 0.3) is 0 Å². The molecule has 3 rings (SSSR count). The van der Waals surface area contributed by atoms with Crippen LogP contribution in [0.2, 0.25) is 0 Å². The van der Waals surface area contributed by atoms with Gasteiger partial charge in [0.1, 0.15) is 0 Å². The third-order valence-electron chi connectivity index (χ3n) is 5.24. The summed E-state index contributed by atoms with van der Waals surface area (Å²) in [7, 11) is 2.23. The van der Waals surface area contributed by atoms with Crippen LogP contribution in [0.4, 0.5) is 0 Å². The minimum atomic E-state index is 0.966. The third kappa shape index (κ3) is 3.59. The summed E-state index contributed by atoms with van der Waals surface area (Å²) >= 11 is 0. The molecule has 1 aliphatic carbocycles. The van der Waals surface area contributed by atoms with Gasteiger partial charge < -0.3 is 14.7 Å². The van der Waals surface area contributed by atoms with E-state index in [1.165, 1.54) is 71.6 Å². The van der Waals surface area contributed by atoms with E-state index in [4.69, 9.17) is 0 Å². The maximum atomic E-state index is 2.72. The Kier molecular flexibility index (Phi) is 4.57. The Labute approximate surface area is 118 Å². The van der Waals surface area contributed by atoms with Crippen molar-refractivity contribution in [3.05, 3.63) is 12.2 Å². The van der Waals surface area contributed by atoms with Gasteiger partial charge in [0, 0.05) is 39.3 Å². The second-order valence-electron chi connectivity index (χ2n) is 6.72. The number of nitrogens with zero attached hydrogens (tertiary/aromatic N) is 3. The van der Waals surface area contributed by atoms with Crippen molar-refractivity contribution in [1.82, 2.24) is 14.7 Å². The number of hydrogen-bond donors (Lipinski definition) is 0. The van der Waals surface area contributed by atoms with E-state index < -0.39 is 0 Å². The molecule has 0 radical (unpaired) electrons. The summed E-state index contributed by atoms with van der Waals surface area (Å²) in [5.41, 5.74) is 0. The maximum Gasteiger partial charge on any atom is 0.0110 e. The van der Waals surface area contributed by atoms with Crippen LogP contribution in [-0.4, -0.2) is 74.1 Å². The summed E-state index contributed by atoms with van der Waals surface area (Å²) in [6.07, 6.45) is 8.82. The summed E-state index contributed by atoms with van der Waals surface area (Å²) < 4.78 is 0. The van der Waals surface area contributed by atoms with Crippen molar-refractivity contribution in [1.29, 1.82) is 0 Å². The first-order valence-electron chi connectivity index (χ1n) is 8.09. The molecule has 3 heteroatoms. The average Bonchev–Trinajstić information content (AvgIpc) is 2.83. The van der Waals surface area contributed by atoms with Crippen molar-refractivity contribution in [2.75, 3.05) is 59.4 Å². The molecule has 19 heavy (non-hydrogen) atoms. The van der Waals surface area contributed by atoms with Gasteiger partial charge in [-0.05, 0) is 51.2 Å². The van der Waals surface area contributed by atoms with Crippen LogP contribution < -0.4 is 0 Å². The molecule has 2 unspecified atom stereocenters. The van der Waals surface area contributed by atoms with Gasteiger partial charge in [-0.3, -0.25) is 0 Å². The van der Waals surface area contributed by atoms with Crippen LogP contribution in [0.1, 0.15) is 19.3 Å². The molecule has 2 atom stereocenters. The third-order valence-corrected chi connectivity index (χ3v) is 5.24. The molecule has 0 spiro atoms. The normalized spacial score (nSPS) is 33.7. The van der Waals surface area contributed by atoms with E-state index in [-0.39, 0.29) is 0 Å². The predicted molar refractivity (Wildman–Crippen MR) is 80.3 cm³/mol. The molecule has 0 aromatic heterocycles. The number of rotatable bonds is 4. The lowest BCUT2D eigenvalue weighted by molar-refractivity contribution is 0.147. The number of fused-ring (bicyclic) bond motifs is 1. The quantitative estimate of drug-likeness (QED) is 0.712. The first-order chi connectivity index (χ1) is 9.31. The summed E-state index contributed by atoms with van der Waals surface area (Å²) in [4.78, 5) is 7.80. The second kappa shape index (κ2) is 6.38. The lowest BCUT2D eigenvalue weighted by Gasteiger charge is -2.32. The molecule has 3 aliphatic rings. The van der Waals surface area contributed by atoms with Crippen LogP contribution in [0.15, 0.2) is 12.2 Å². The van der Waals surface area contributed by atoms with Gasteiger partial charge in [0.05, 0.1) is 0 Å². The lowest BCUT2D eigenvalue weighted by Crippen LogP contribution is -2.45. The van der Waals surface area contributed by atoms with Crippen molar-refractivity contribution >= 4 is 0 Å². The summed E-state index contributed by atoms with van der Waals surface area (Å²) in [5, 5.41) is 0. The molecule has 3 nitrogen and oxygen atoms in total. The van der Waals surface area contributed by atoms with Gasteiger partial charge >= 0.3 is 0 Å². The van der Waals surface area contributed by atoms with Crippen LogP contribution in [0, 0.1) is 11.8 Å². The van der Waals surface area contributed by atoms with Gasteiger partial charge in [-0.15, -0.1) is 0 Å². The number of likely N-dealkylation sites (N-methyl/N-ethyl adjacent to an activating group) is 1. The molecule has 2 saturated heterocycles. The monoisotopic (exact) mass is 263 g/mol. The molecular formula is C16H29N3. The largest absolute Gasteiger partial charge is 0.304 e. The molecule has 0 saturated carbocycles. The smallest absolute Gasteiger partial charge is 0.0110 e. The summed E-state index contributed by atoms with van der Waals surface area (Å²) in [5.74, 6) is 1.93. The van der Waals surface area contributed by atoms with Gasteiger partial charge in [0.2, 0.25) is 0 Å². The van der Waals surface area contributed by atoms with E-state index in [0.717, 1.165) is 11.8 Å². The molecule has 0 bridgehead atoms. The number of allylic oxidation sites excluding steroid dienone is 2. The summed E-state index contributed by atoms with van der Waals surface area (Å²) in [6.45, 7) is 10.4. The van der Waals surface area contributed by atoms with Crippen molar-refractivity contribution < 1.29 is 0 Å². The molecule has 2 aliphatic heterocycles. The molecule has 0 aromatic rings. The Morgan fingerprint density at radius 2 is 1.42 bits per heavy atom. The van der Waals surface area contributed by atoms with Crippen molar-refractivity contribution in [2.45, 2.75) is 19.3 Å². The van der Waals surface area contributed by atoms with E-state index >= 15 is 0 Å². The highest BCUT2D eigenvalue weighted by Crippen LogP contribution is 2.32. The molecule has 108 valence electrons. The highest BCUT2D eigenvalue weighted by Gasteiger charge is 2.32. The number of hydrogen-bond acceptors (Lipinski definition) is 3. The van der Waals surface area contributed by atoms with Gasteiger partial charge in [0.15, 0.2) is 0 Å². The SMILES string of the molecule is CN1CCN(CCCN2CC3CC=CCC3C2)CC1. The van der Waals surface area contributed by atoms with Crippen LogP contribution >= 0.6 is 0 Å². The molecule has 0 N–H and O–H groups in total. The van der Waals surface area contributed by atoms with Gasteiger partial charge in [-0.25, -0.2) is 0 Å². The van der Waals surface area contributed by atoms with Gasteiger partial charge in [-0.2, -0.15) is 0 Å². The molecule has 2 heterocycles. The zero-order valence-corrected chi connectivity index (χ0v) is 12.4. The Morgan fingerprint density at radius 3 is 2.05 bits per heavy atom. The Balaban J connectivity index is 1.33. The lowest BCUT2D eigenvalue weighted by atomic mass is 9.86. The van der Waals surface area contributed by atoms with Crippen LogP contribution in [-0.2, 0) is 0 Å².